The first-order chi connectivity index (χ1) is 7.59. The molecular formula is C12H12F2O2. The molecule has 0 amide bonds. The second kappa shape index (κ2) is 4.29. The zero-order valence-electron chi connectivity index (χ0n) is 8.93. The number of benzene rings is 1. The third-order valence-electron chi connectivity index (χ3n) is 2.74. The monoisotopic (exact) mass is 226 g/mol. The first-order valence-electron chi connectivity index (χ1n) is 5.21. The minimum Gasteiger partial charge on any atom is -0.370 e. The highest BCUT2D eigenvalue weighted by atomic mass is 19.1. The van der Waals surface area contributed by atoms with Gasteiger partial charge in [-0.15, -0.1) is 0 Å². The van der Waals surface area contributed by atoms with Crippen molar-refractivity contribution in [2.45, 2.75) is 25.9 Å². The van der Waals surface area contributed by atoms with E-state index in [4.69, 9.17) is 4.74 Å². The first kappa shape index (κ1) is 11.2. The third-order valence-corrected chi connectivity index (χ3v) is 2.74. The molecule has 0 spiro atoms. The average Bonchev–Trinajstić information content (AvgIpc) is 2.75. The lowest BCUT2D eigenvalue weighted by Crippen LogP contribution is -2.21. The van der Waals surface area contributed by atoms with Crippen molar-refractivity contribution in [1.29, 1.82) is 0 Å². The van der Waals surface area contributed by atoms with Crippen molar-refractivity contribution in [2.24, 2.45) is 0 Å². The summed E-state index contributed by atoms with van der Waals surface area (Å²) < 4.78 is 31.6. The maximum Gasteiger partial charge on any atom is 0.194 e. The van der Waals surface area contributed by atoms with Crippen molar-refractivity contribution in [3.63, 3.8) is 0 Å². The van der Waals surface area contributed by atoms with Crippen molar-refractivity contribution in [2.75, 3.05) is 6.61 Å². The zero-order chi connectivity index (χ0) is 11.7. The topological polar surface area (TPSA) is 26.3 Å². The number of Topliss-reactive ketones (excluding diaryl/α,β-unsaturated/α-hetero) is 1. The maximum atomic E-state index is 13.4. The van der Waals surface area contributed by atoms with Crippen LogP contribution >= 0.6 is 0 Å². The summed E-state index contributed by atoms with van der Waals surface area (Å²) in [6.45, 7) is 2.03. The summed E-state index contributed by atoms with van der Waals surface area (Å²) in [7, 11) is 0. The predicted octanol–water partition coefficient (Wildman–Crippen LogP) is 2.63. The van der Waals surface area contributed by atoms with Gasteiger partial charge < -0.3 is 4.74 Å². The van der Waals surface area contributed by atoms with Gasteiger partial charge in [0.25, 0.3) is 0 Å². The van der Waals surface area contributed by atoms with Gasteiger partial charge >= 0.3 is 0 Å². The Bertz CT molecular complexity index is 423. The van der Waals surface area contributed by atoms with Gasteiger partial charge in [-0.2, -0.15) is 0 Å². The fourth-order valence-corrected chi connectivity index (χ4v) is 1.80. The molecular weight excluding hydrogens is 214 g/mol. The lowest BCUT2D eigenvalue weighted by atomic mass is 10.0. The van der Waals surface area contributed by atoms with Crippen molar-refractivity contribution < 1.29 is 18.3 Å². The normalized spacial score (nSPS) is 20.1. The lowest BCUT2D eigenvalue weighted by molar-refractivity contribution is 0.0638. The van der Waals surface area contributed by atoms with Crippen molar-refractivity contribution in [3.8, 4) is 0 Å². The Morgan fingerprint density at radius 1 is 1.38 bits per heavy atom. The molecule has 0 aliphatic carbocycles. The predicted molar refractivity (Wildman–Crippen MR) is 54.4 cm³/mol. The lowest BCUT2D eigenvalue weighted by Gasteiger charge is -2.10. The van der Waals surface area contributed by atoms with E-state index in [1.165, 1.54) is 13.0 Å². The van der Waals surface area contributed by atoms with E-state index >= 15 is 0 Å². The van der Waals surface area contributed by atoms with E-state index in [2.05, 4.69) is 0 Å². The van der Waals surface area contributed by atoms with Gasteiger partial charge in [-0.25, -0.2) is 8.78 Å². The molecule has 1 heterocycles. The Hall–Kier alpha value is -1.29. The number of hydrogen-bond acceptors (Lipinski definition) is 2. The minimum absolute atomic E-state index is 0.0780. The van der Waals surface area contributed by atoms with Gasteiger partial charge in [0.05, 0.1) is 5.56 Å². The zero-order valence-corrected chi connectivity index (χ0v) is 8.93. The molecule has 1 aliphatic heterocycles. The molecule has 86 valence electrons. The Balaban J connectivity index is 2.32. The van der Waals surface area contributed by atoms with E-state index in [1.807, 2.05) is 0 Å². The number of carbonyl (C=O) groups excluding carboxylic acids is 1. The summed E-state index contributed by atoms with van der Waals surface area (Å²) in [5, 5.41) is 0. The van der Waals surface area contributed by atoms with Crippen LogP contribution in [-0.2, 0) is 4.74 Å². The van der Waals surface area contributed by atoms with Crippen LogP contribution in [0.5, 0.6) is 0 Å². The van der Waals surface area contributed by atoms with Gasteiger partial charge in [-0.3, -0.25) is 4.79 Å². The van der Waals surface area contributed by atoms with E-state index in [9.17, 15) is 13.6 Å². The van der Waals surface area contributed by atoms with Crippen LogP contribution in [0.25, 0.3) is 0 Å². The van der Waals surface area contributed by atoms with Crippen LogP contribution in [-0.4, -0.2) is 18.5 Å². The van der Waals surface area contributed by atoms with E-state index in [1.54, 1.807) is 0 Å². The molecule has 1 fully saturated rings. The molecule has 1 atom stereocenters. The Morgan fingerprint density at radius 2 is 2.12 bits per heavy atom. The fourth-order valence-electron chi connectivity index (χ4n) is 1.80. The molecule has 0 aromatic heterocycles. The summed E-state index contributed by atoms with van der Waals surface area (Å²) >= 11 is 0. The van der Waals surface area contributed by atoms with Gasteiger partial charge in [0.2, 0.25) is 0 Å². The second-order valence-electron chi connectivity index (χ2n) is 3.95. The molecule has 1 aromatic rings. The number of aryl methyl sites for hydroxylation is 1. The molecule has 0 bridgehead atoms. The summed E-state index contributed by atoms with van der Waals surface area (Å²) in [6.07, 6.45) is 0.840. The number of carbonyl (C=O) groups is 1. The summed E-state index contributed by atoms with van der Waals surface area (Å²) in [6, 6.07) is 1.99. The van der Waals surface area contributed by atoms with Gasteiger partial charge in [0, 0.05) is 12.7 Å². The fraction of sp³-hybridized carbons (Fsp3) is 0.417. The van der Waals surface area contributed by atoms with Crippen molar-refractivity contribution in [3.05, 3.63) is 34.9 Å². The van der Waals surface area contributed by atoms with Gasteiger partial charge in [-0.05, 0) is 31.4 Å². The first-order valence-corrected chi connectivity index (χ1v) is 5.21. The SMILES string of the molecule is Cc1cc(C(=O)C2CCCO2)c(F)cc1F. The summed E-state index contributed by atoms with van der Waals surface area (Å²) in [5.41, 5.74) is 0.188. The molecule has 16 heavy (non-hydrogen) atoms. The Morgan fingerprint density at radius 3 is 2.75 bits per heavy atom. The van der Waals surface area contributed by atoms with E-state index in [0.717, 1.165) is 12.5 Å². The molecule has 2 rings (SSSR count). The van der Waals surface area contributed by atoms with Crippen LogP contribution in [0, 0.1) is 18.6 Å². The molecule has 4 heteroatoms. The second-order valence-corrected chi connectivity index (χ2v) is 3.95. The maximum absolute atomic E-state index is 13.4. The van der Waals surface area contributed by atoms with Crippen molar-refractivity contribution in [1.82, 2.24) is 0 Å². The molecule has 1 saturated heterocycles. The standard InChI is InChI=1S/C12H12F2O2/c1-7-5-8(10(14)6-9(7)13)12(15)11-3-2-4-16-11/h5-6,11H,2-4H2,1H3. The average molecular weight is 226 g/mol. The van der Waals surface area contributed by atoms with Gasteiger partial charge in [0.15, 0.2) is 5.78 Å². The number of rotatable bonds is 2. The van der Waals surface area contributed by atoms with E-state index < -0.39 is 23.5 Å². The Kier molecular flexibility index (Phi) is 3.01. The minimum atomic E-state index is -0.816. The number of hydrogen-bond donors (Lipinski definition) is 0. The molecule has 1 unspecified atom stereocenters. The third kappa shape index (κ3) is 1.97. The van der Waals surface area contributed by atoms with Crippen LogP contribution < -0.4 is 0 Å². The molecule has 0 saturated carbocycles. The number of ketones is 1. The highest BCUT2D eigenvalue weighted by molar-refractivity contribution is 6.00. The molecule has 1 aliphatic rings. The molecule has 1 aromatic carbocycles. The highest BCUT2D eigenvalue weighted by Gasteiger charge is 2.27. The van der Waals surface area contributed by atoms with Gasteiger partial charge in [-0.1, -0.05) is 0 Å². The summed E-state index contributed by atoms with van der Waals surface area (Å²) in [4.78, 5) is 11.8. The van der Waals surface area contributed by atoms with Crippen LogP contribution in [0.4, 0.5) is 8.78 Å². The number of ether oxygens (including phenoxy) is 1. The van der Waals surface area contributed by atoms with E-state index in [-0.39, 0.29) is 11.1 Å². The van der Waals surface area contributed by atoms with Crippen LogP contribution in [0.2, 0.25) is 0 Å². The van der Waals surface area contributed by atoms with E-state index in [0.29, 0.717) is 13.0 Å². The Labute approximate surface area is 92.2 Å². The van der Waals surface area contributed by atoms with Crippen LogP contribution in [0.3, 0.4) is 0 Å². The highest BCUT2D eigenvalue weighted by Crippen LogP contribution is 2.21. The van der Waals surface area contributed by atoms with Crippen LogP contribution in [0.1, 0.15) is 28.8 Å². The molecule has 0 radical (unpaired) electrons. The van der Waals surface area contributed by atoms with Gasteiger partial charge in [0.1, 0.15) is 17.7 Å². The number of halogens is 2. The van der Waals surface area contributed by atoms with Crippen molar-refractivity contribution >= 4 is 5.78 Å². The smallest absolute Gasteiger partial charge is 0.194 e. The largest absolute Gasteiger partial charge is 0.370 e. The summed E-state index contributed by atoms with van der Waals surface area (Å²) in [5.74, 6) is -1.84. The molecule has 0 N–H and O–H groups in total. The van der Waals surface area contributed by atoms with Crippen LogP contribution in [0.15, 0.2) is 12.1 Å². The quantitative estimate of drug-likeness (QED) is 0.724. The molecule has 2 nitrogen and oxygen atoms in total.